The molecule has 0 spiro atoms. The Morgan fingerprint density at radius 1 is 1.29 bits per heavy atom. The SMILES string of the molecule is CCNC(C)c1nnc(C2C3CCCCC32)s1. The summed E-state index contributed by atoms with van der Waals surface area (Å²) in [6.07, 6.45) is 5.70. The topological polar surface area (TPSA) is 37.8 Å². The van der Waals surface area contributed by atoms with E-state index in [-0.39, 0.29) is 0 Å². The van der Waals surface area contributed by atoms with Crippen molar-refractivity contribution in [1.29, 1.82) is 0 Å². The van der Waals surface area contributed by atoms with E-state index < -0.39 is 0 Å². The van der Waals surface area contributed by atoms with E-state index in [4.69, 9.17) is 0 Å². The van der Waals surface area contributed by atoms with Gasteiger partial charge in [-0.3, -0.25) is 0 Å². The molecule has 94 valence electrons. The molecule has 3 nitrogen and oxygen atoms in total. The third-order valence-corrected chi connectivity index (χ3v) is 5.49. The molecule has 1 N–H and O–H groups in total. The summed E-state index contributed by atoms with van der Waals surface area (Å²) in [7, 11) is 0. The minimum absolute atomic E-state index is 0.354. The Hall–Kier alpha value is -0.480. The quantitative estimate of drug-likeness (QED) is 0.893. The summed E-state index contributed by atoms with van der Waals surface area (Å²) < 4.78 is 0. The van der Waals surface area contributed by atoms with Crippen molar-refractivity contribution in [1.82, 2.24) is 15.5 Å². The summed E-state index contributed by atoms with van der Waals surface area (Å²) >= 11 is 1.83. The second-order valence-electron chi connectivity index (χ2n) is 5.40. The summed E-state index contributed by atoms with van der Waals surface area (Å²) in [6.45, 7) is 5.30. The number of hydrogen-bond donors (Lipinski definition) is 1. The molecule has 3 unspecified atom stereocenters. The molecular weight excluding hydrogens is 230 g/mol. The van der Waals surface area contributed by atoms with Crippen LogP contribution in [0.3, 0.4) is 0 Å². The number of nitrogens with one attached hydrogen (secondary N) is 1. The van der Waals surface area contributed by atoms with E-state index >= 15 is 0 Å². The third kappa shape index (κ3) is 2.13. The molecule has 0 amide bonds. The summed E-state index contributed by atoms with van der Waals surface area (Å²) in [5, 5.41) is 14.7. The molecule has 3 rings (SSSR count). The number of aromatic nitrogens is 2. The Morgan fingerprint density at radius 2 is 2.00 bits per heavy atom. The molecule has 2 aliphatic rings. The van der Waals surface area contributed by atoms with Crippen LogP contribution in [0, 0.1) is 11.8 Å². The molecule has 0 radical (unpaired) electrons. The lowest BCUT2D eigenvalue weighted by molar-refractivity contribution is 0.480. The van der Waals surface area contributed by atoms with Gasteiger partial charge in [-0.05, 0) is 38.1 Å². The van der Waals surface area contributed by atoms with Crippen molar-refractivity contribution in [2.24, 2.45) is 11.8 Å². The fraction of sp³-hybridized carbons (Fsp3) is 0.846. The molecule has 1 aromatic rings. The highest BCUT2D eigenvalue weighted by molar-refractivity contribution is 7.11. The molecule has 1 heterocycles. The second-order valence-corrected chi connectivity index (χ2v) is 6.44. The first kappa shape index (κ1) is 11.6. The van der Waals surface area contributed by atoms with E-state index in [9.17, 15) is 0 Å². The van der Waals surface area contributed by atoms with Gasteiger partial charge in [0.05, 0.1) is 6.04 Å². The van der Waals surface area contributed by atoms with Crippen molar-refractivity contribution >= 4 is 11.3 Å². The Kier molecular flexibility index (Phi) is 3.17. The van der Waals surface area contributed by atoms with Crippen LogP contribution in [-0.4, -0.2) is 16.7 Å². The Labute approximate surface area is 107 Å². The molecule has 0 aromatic carbocycles. The zero-order chi connectivity index (χ0) is 11.8. The molecule has 2 saturated carbocycles. The fourth-order valence-corrected chi connectivity index (χ4v) is 4.43. The van der Waals surface area contributed by atoms with Crippen molar-refractivity contribution in [2.45, 2.75) is 51.5 Å². The third-order valence-electron chi connectivity index (χ3n) is 4.28. The van der Waals surface area contributed by atoms with E-state index in [1.807, 2.05) is 11.3 Å². The van der Waals surface area contributed by atoms with Crippen LogP contribution < -0.4 is 5.32 Å². The highest BCUT2D eigenvalue weighted by Gasteiger charge is 2.53. The number of fused-ring (bicyclic) bond motifs is 1. The molecule has 1 aromatic heterocycles. The first-order valence-electron chi connectivity index (χ1n) is 6.88. The standard InChI is InChI=1S/C13H21N3S/c1-3-14-8(2)12-15-16-13(17-12)11-9-6-4-5-7-10(9)11/h8-11,14H,3-7H2,1-2H3. The van der Waals surface area contributed by atoms with Gasteiger partial charge in [-0.15, -0.1) is 10.2 Å². The minimum Gasteiger partial charge on any atom is -0.308 e. The van der Waals surface area contributed by atoms with Crippen molar-refractivity contribution in [3.05, 3.63) is 10.0 Å². The van der Waals surface area contributed by atoms with Crippen molar-refractivity contribution in [2.75, 3.05) is 6.54 Å². The van der Waals surface area contributed by atoms with Crippen LogP contribution in [0.1, 0.15) is 61.5 Å². The summed E-state index contributed by atoms with van der Waals surface area (Å²) in [4.78, 5) is 0. The van der Waals surface area contributed by atoms with Gasteiger partial charge in [0.2, 0.25) is 0 Å². The maximum atomic E-state index is 4.43. The van der Waals surface area contributed by atoms with Crippen LogP contribution in [0.2, 0.25) is 0 Å². The lowest BCUT2D eigenvalue weighted by Crippen LogP contribution is -2.17. The highest BCUT2D eigenvalue weighted by atomic mass is 32.1. The van der Waals surface area contributed by atoms with E-state index in [0.29, 0.717) is 6.04 Å². The highest BCUT2D eigenvalue weighted by Crippen LogP contribution is 2.61. The van der Waals surface area contributed by atoms with Gasteiger partial charge in [0.1, 0.15) is 10.0 Å². The average Bonchev–Trinajstić information content (AvgIpc) is 2.86. The van der Waals surface area contributed by atoms with Crippen LogP contribution in [0.25, 0.3) is 0 Å². The van der Waals surface area contributed by atoms with E-state index in [1.165, 1.54) is 30.7 Å². The molecule has 4 heteroatoms. The van der Waals surface area contributed by atoms with Crippen LogP contribution in [0.5, 0.6) is 0 Å². The molecular formula is C13H21N3S. The monoisotopic (exact) mass is 251 g/mol. The predicted molar refractivity (Wildman–Crippen MR) is 70.2 cm³/mol. The van der Waals surface area contributed by atoms with Crippen molar-refractivity contribution in [3.8, 4) is 0 Å². The largest absolute Gasteiger partial charge is 0.308 e. The van der Waals surface area contributed by atoms with Crippen molar-refractivity contribution in [3.63, 3.8) is 0 Å². The maximum absolute atomic E-state index is 4.43. The first-order valence-corrected chi connectivity index (χ1v) is 7.69. The fourth-order valence-electron chi connectivity index (χ4n) is 3.31. The van der Waals surface area contributed by atoms with Crippen LogP contribution in [0.4, 0.5) is 0 Å². The summed E-state index contributed by atoms with van der Waals surface area (Å²) in [5.74, 6) is 2.65. The summed E-state index contributed by atoms with van der Waals surface area (Å²) in [5.41, 5.74) is 0. The van der Waals surface area contributed by atoms with Gasteiger partial charge in [0, 0.05) is 5.92 Å². The van der Waals surface area contributed by atoms with Crippen LogP contribution >= 0.6 is 11.3 Å². The second kappa shape index (κ2) is 4.65. The molecule has 2 aliphatic carbocycles. The molecule has 0 saturated heterocycles. The van der Waals surface area contributed by atoms with Crippen LogP contribution in [0.15, 0.2) is 0 Å². The van der Waals surface area contributed by atoms with Gasteiger partial charge >= 0.3 is 0 Å². The number of nitrogens with zero attached hydrogens (tertiary/aromatic N) is 2. The lowest BCUT2D eigenvalue weighted by atomic mass is 10.0. The number of rotatable bonds is 4. The van der Waals surface area contributed by atoms with E-state index in [2.05, 4.69) is 29.4 Å². The Morgan fingerprint density at radius 3 is 2.65 bits per heavy atom. The lowest BCUT2D eigenvalue weighted by Gasteiger charge is -2.06. The van der Waals surface area contributed by atoms with Crippen molar-refractivity contribution < 1.29 is 0 Å². The smallest absolute Gasteiger partial charge is 0.134 e. The van der Waals surface area contributed by atoms with Gasteiger partial charge in [-0.25, -0.2) is 0 Å². The average molecular weight is 251 g/mol. The van der Waals surface area contributed by atoms with Gasteiger partial charge < -0.3 is 5.32 Å². The van der Waals surface area contributed by atoms with Gasteiger partial charge in [-0.1, -0.05) is 31.1 Å². The van der Waals surface area contributed by atoms with Gasteiger partial charge in [0.25, 0.3) is 0 Å². The van der Waals surface area contributed by atoms with E-state index in [0.717, 1.165) is 29.3 Å². The zero-order valence-electron chi connectivity index (χ0n) is 10.6. The Bertz CT molecular complexity index is 378. The maximum Gasteiger partial charge on any atom is 0.134 e. The zero-order valence-corrected chi connectivity index (χ0v) is 11.5. The van der Waals surface area contributed by atoms with Gasteiger partial charge in [-0.2, -0.15) is 0 Å². The number of hydrogen-bond acceptors (Lipinski definition) is 4. The normalized spacial score (nSPS) is 33.2. The molecule has 3 atom stereocenters. The van der Waals surface area contributed by atoms with Crippen LogP contribution in [-0.2, 0) is 0 Å². The molecule has 0 bridgehead atoms. The van der Waals surface area contributed by atoms with E-state index in [1.54, 1.807) is 0 Å². The molecule has 2 fully saturated rings. The Balaban J connectivity index is 1.69. The minimum atomic E-state index is 0.354. The molecule has 0 aliphatic heterocycles. The predicted octanol–water partition coefficient (Wildman–Crippen LogP) is 3.11. The first-order chi connectivity index (χ1) is 8.31. The summed E-state index contributed by atoms with van der Waals surface area (Å²) in [6, 6.07) is 0.354. The van der Waals surface area contributed by atoms with Gasteiger partial charge in [0.15, 0.2) is 0 Å². The molecule has 17 heavy (non-hydrogen) atoms.